The molecule has 3 rings (SSSR count). The molecular weight excluding hydrogens is 344 g/mol. The zero-order chi connectivity index (χ0) is 14.8. The fraction of sp³-hybridized carbons (Fsp3) is 0.471. The Bertz CT molecular complexity index is 598. The molecule has 1 aliphatic rings. The van der Waals surface area contributed by atoms with Gasteiger partial charge in [0, 0.05) is 15.4 Å². The van der Waals surface area contributed by atoms with Crippen LogP contribution in [0.4, 0.5) is 0 Å². The molecule has 21 heavy (non-hydrogen) atoms. The molecule has 0 spiro atoms. The molecule has 1 aliphatic carbocycles. The van der Waals surface area contributed by atoms with E-state index in [4.69, 9.17) is 4.98 Å². The van der Waals surface area contributed by atoms with Gasteiger partial charge in [-0.2, -0.15) is 0 Å². The smallest absolute Gasteiger partial charge is 0.115 e. The van der Waals surface area contributed by atoms with Crippen LogP contribution in [0.25, 0.3) is 0 Å². The lowest BCUT2D eigenvalue weighted by molar-refractivity contribution is 0.525. The van der Waals surface area contributed by atoms with Gasteiger partial charge in [-0.1, -0.05) is 28.1 Å². The Hall–Kier alpha value is -0.710. The topological polar surface area (TPSA) is 24.9 Å². The molecule has 1 aromatic carbocycles. The first-order valence-corrected chi connectivity index (χ1v) is 9.24. The van der Waals surface area contributed by atoms with Crippen molar-refractivity contribution in [1.29, 1.82) is 0 Å². The highest BCUT2D eigenvalue weighted by Crippen LogP contribution is 2.33. The molecule has 2 nitrogen and oxygen atoms in total. The van der Waals surface area contributed by atoms with Crippen LogP contribution < -0.4 is 5.32 Å². The molecule has 0 radical (unpaired) electrons. The summed E-state index contributed by atoms with van der Waals surface area (Å²) in [5, 5.41) is 4.89. The zero-order valence-corrected chi connectivity index (χ0v) is 14.9. The highest BCUT2D eigenvalue weighted by Gasteiger charge is 2.22. The van der Waals surface area contributed by atoms with Crippen molar-refractivity contribution >= 4 is 27.3 Å². The van der Waals surface area contributed by atoms with Crippen LogP contribution in [0, 0.1) is 0 Å². The minimum atomic E-state index is 0.193. The number of halogens is 1. The fourth-order valence-electron chi connectivity index (χ4n) is 2.83. The predicted octanol–water partition coefficient (Wildman–Crippen LogP) is 4.87. The largest absolute Gasteiger partial charge is 0.302 e. The van der Waals surface area contributed by atoms with Crippen LogP contribution in [0.5, 0.6) is 0 Å². The minimum absolute atomic E-state index is 0.193. The van der Waals surface area contributed by atoms with Crippen LogP contribution in [0.15, 0.2) is 28.7 Å². The van der Waals surface area contributed by atoms with Crippen LogP contribution in [-0.4, -0.2) is 11.0 Å². The molecule has 2 aromatic rings. The zero-order valence-electron chi connectivity index (χ0n) is 12.5. The summed E-state index contributed by atoms with van der Waals surface area (Å²) in [6, 6.07) is 9.17. The molecule has 1 aromatic heterocycles. The Morgan fingerprint density at radius 2 is 2.05 bits per heavy atom. The number of aromatic nitrogens is 1. The monoisotopic (exact) mass is 364 g/mol. The maximum atomic E-state index is 4.95. The highest BCUT2D eigenvalue weighted by atomic mass is 79.9. The Morgan fingerprint density at radius 3 is 2.76 bits per heavy atom. The van der Waals surface area contributed by atoms with Gasteiger partial charge in [0.15, 0.2) is 0 Å². The number of hydrogen-bond donors (Lipinski definition) is 1. The van der Waals surface area contributed by atoms with Gasteiger partial charge in [-0.05, 0) is 57.2 Å². The quantitative estimate of drug-likeness (QED) is 0.836. The molecule has 112 valence electrons. The third-order valence-corrected chi connectivity index (χ3v) is 5.51. The first-order chi connectivity index (χ1) is 10.1. The van der Waals surface area contributed by atoms with E-state index in [-0.39, 0.29) is 6.04 Å². The van der Waals surface area contributed by atoms with Crippen molar-refractivity contribution in [3.63, 3.8) is 0 Å². The van der Waals surface area contributed by atoms with Gasteiger partial charge >= 0.3 is 0 Å². The van der Waals surface area contributed by atoms with Gasteiger partial charge < -0.3 is 5.32 Å². The van der Waals surface area contributed by atoms with Crippen molar-refractivity contribution in [3.05, 3.63) is 49.9 Å². The second-order valence-electron chi connectivity index (χ2n) is 5.94. The number of rotatable bonds is 4. The van der Waals surface area contributed by atoms with Crippen molar-refractivity contribution in [1.82, 2.24) is 10.3 Å². The van der Waals surface area contributed by atoms with Crippen molar-refractivity contribution in [2.75, 3.05) is 0 Å². The van der Waals surface area contributed by atoms with Crippen LogP contribution in [0.1, 0.15) is 53.9 Å². The standard InChI is InChI=1S/C17H21BrN2S/c1-11(2)19-16(12-6-5-7-13(18)10-12)17-20-14-8-3-4-9-15(14)21-17/h5-7,10-11,16,19H,3-4,8-9H2,1-2H3. The maximum Gasteiger partial charge on any atom is 0.115 e. The van der Waals surface area contributed by atoms with E-state index < -0.39 is 0 Å². The van der Waals surface area contributed by atoms with Gasteiger partial charge in [0.2, 0.25) is 0 Å². The Balaban J connectivity index is 1.97. The molecule has 0 saturated carbocycles. The van der Waals surface area contributed by atoms with E-state index in [0.29, 0.717) is 6.04 Å². The normalized spacial score (nSPS) is 16.0. The number of nitrogens with one attached hydrogen (secondary N) is 1. The van der Waals surface area contributed by atoms with Gasteiger partial charge in [0.05, 0.1) is 11.7 Å². The molecule has 0 saturated heterocycles. The van der Waals surface area contributed by atoms with Crippen LogP contribution in [0.3, 0.4) is 0 Å². The number of benzene rings is 1. The average molecular weight is 365 g/mol. The molecule has 0 bridgehead atoms. The van der Waals surface area contributed by atoms with E-state index in [2.05, 4.69) is 59.4 Å². The Kier molecular flexibility index (Phi) is 4.77. The fourth-order valence-corrected chi connectivity index (χ4v) is 4.48. The lowest BCUT2D eigenvalue weighted by Crippen LogP contribution is -2.29. The van der Waals surface area contributed by atoms with Crippen molar-refractivity contribution in [3.8, 4) is 0 Å². The summed E-state index contributed by atoms with van der Waals surface area (Å²) in [5.74, 6) is 0. The van der Waals surface area contributed by atoms with E-state index in [9.17, 15) is 0 Å². The second kappa shape index (κ2) is 6.59. The Morgan fingerprint density at radius 1 is 1.24 bits per heavy atom. The number of thiazole rings is 1. The van der Waals surface area contributed by atoms with Gasteiger partial charge in [-0.25, -0.2) is 4.98 Å². The molecule has 1 atom stereocenters. The third kappa shape index (κ3) is 3.55. The first kappa shape index (κ1) is 15.2. The number of fused-ring (bicyclic) bond motifs is 1. The summed E-state index contributed by atoms with van der Waals surface area (Å²) in [5.41, 5.74) is 2.62. The molecule has 0 fully saturated rings. The summed E-state index contributed by atoms with van der Waals surface area (Å²) in [7, 11) is 0. The van der Waals surface area contributed by atoms with Gasteiger partial charge in [0.1, 0.15) is 5.01 Å². The summed E-state index contributed by atoms with van der Waals surface area (Å²) in [6.07, 6.45) is 4.96. The number of hydrogen-bond acceptors (Lipinski definition) is 3. The van der Waals surface area contributed by atoms with Crippen LogP contribution in [0.2, 0.25) is 0 Å². The van der Waals surface area contributed by atoms with Gasteiger partial charge in [-0.15, -0.1) is 11.3 Å². The lowest BCUT2D eigenvalue weighted by Gasteiger charge is -2.20. The van der Waals surface area contributed by atoms with Crippen LogP contribution in [-0.2, 0) is 12.8 Å². The maximum absolute atomic E-state index is 4.95. The highest BCUT2D eigenvalue weighted by molar-refractivity contribution is 9.10. The first-order valence-electron chi connectivity index (χ1n) is 7.63. The molecule has 0 amide bonds. The molecule has 1 heterocycles. The summed E-state index contributed by atoms with van der Waals surface area (Å²) in [6.45, 7) is 4.39. The van der Waals surface area contributed by atoms with Crippen molar-refractivity contribution in [2.24, 2.45) is 0 Å². The lowest BCUT2D eigenvalue weighted by atomic mass is 10.0. The molecule has 1 N–H and O–H groups in total. The van der Waals surface area contributed by atoms with Crippen molar-refractivity contribution < 1.29 is 0 Å². The summed E-state index contributed by atoms with van der Waals surface area (Å²) >= 11 is 5.48. The molecule has 1 unspecified atom stereocenters. The second-order valence-corrected chi connectivity index (χ2v) is 7.97. The molecule has 0 aliphatic heterocycles. The Labute approximate surface area is 139 Å². The average Bonchev–Trinajstić information content (AvgIpc) is 2.88. The van der Waals surface area contributed by atoms with E-state index in [0.717, 1.165) is 10.9 Å². The summed E-state index contributed by atoms with van der Waals surface area (Å²) in [4.78, 5) is 6.45. The van der Waals surface area contributed by atoms with Crippen molar-refractivity contribution in [2.45, 2.75) is 51.6 Å². The van der Waals surface area contributed by atoms with Gasteiger partial charge in [0.25, 0.3) is 0 Å². The van der Waals surface area contributed by atoms with E-state index >= 15 is 0 Å². The third-order valence-electron chi connectivity index (χ3n) is 3.79. The van der Waals surface area contributed by atoms with Crippen LogP contribution >= 0.6 is 27.3 Å². The number of nitrogens with zero attached hydrogens (tertiary/aromatic N) is 1. The van der Waals surface area contributed by atoms with Gasteiger partial charge in [-0.3, -0.25) is 0 Å². The number of aryl methyl sites for hydroxylation is 2. The minimum Gasteiger partial charge on any atom is -0.302 e. The predicted molar refractivity (Wildman–Crippen MR) is 93.0 cm³/mol. The summed E-state index contributed by atoms with van der Waals surface area (Å²) < 4.78 is 1.12. The van der Waals surface area contributed by atoms with E-state index in [1.807, 2.05) is 11.3 Å². The van der Waals surface area contributed by atoms with E-state index in [1.165, 1.54) is 40.4 Å². The molecular formula is C17H21BrN2S. The van der Waals surface area contributed by atoms with E-state index in [1.54, 1.807) is 0 Å². The molecule has 4 heteroatoms. The SMILES string of the molecule is CC(C)NC(c1cccc(Br)c1)c1nc2c(s1)CCCC2.